The summed E-state index contributed by atoms with van der Waals surface area (Å²) in [7, 11) is 0. The highest BCUT2D eigenvalue weighted by atomic mass is 16.3. The zero-order valence-electron chi connectivity index (χ0n) is 34.3. The van der Waals surface area contributed by atoms with Crippen molar-refractivity contribution in [2.24, 2.45) is 0 Å². The average Bonchev–Trinajstić information content (AvgIpc) is 3.91. The lowest BCUT2D eigenvalue weighted by Crippen LogP contribution is -2.52. The third kappa shape index (κ3) is 4.72. The van der Waals surface area contributed by atoms with Crippen molar-refractivity contribution in [3.05, 3.63) is 155 Å². The van der Waals surface area contributed by atoms with Crippen LogP contribution in [-0.4, -0.2) is 11.3 Å². The molecule has 1 aliphatic heterocycles. The van der Waals surface area contributed by atoms with Gasteiger partial charge in [0.05, 0.1) is 11.0 Å². The van der Waals surface area contributed by atoms with Gasteiger partial charge in [-0.3, -0.25) is 0 Å². The second-order valence-corrected chi connectivity index (χ2v) is 18.2. The maximum atomic E-state index is 6.76. The second kappa shape index (κ2) is 12.1. The molecular formula is C54H48BNO. The summed E-state index contributed by atoms with van der Waals surface area (Å²) in [6.07, 6.45) is 0. The number of aromatic nitrogens is 1. The Balaban J connectivity index is 1.24. The normalized spacial score (nSPS) is 14.2. The molecule has 0 saturated heterocycles. The fraction of sp³-hybridized carbons (Fsp3) is 0.222. The van der Waals surface area contributed by atoms with Gasteiger partial charge in [0.2, 0.25) is 6.71 Å². The van der Waals surface area contributed by atoms with Crippen molar-refractivity contribution in [1.29, 1.82) is 0 Å². The zero-order valence-corrected chi connectivity index (χ0v) is 34.3. The van der Waals surface area contributed by atoms with Crippen LogP contribution in [0.1, 0.15) is 101 Å². The molecule has 0 unspecified atom stereocenters. The van der Waals surface area contributed by atoms with Crippen LogP contribution in [-0.2, 0) is 5.41 Å². The fourth-order valence-corrected chi connectivity index (χ4v) is 10.7. The molecule has 3 heterocycles. The summed E-state index contributed by atoms with van der Waals surface area (Å²) in [5.74, 6) is 1.25. The van der Waals surface area contributed by atoms with Crippen LogP contribution in [0.25, 0.3) is 71.7 Å². The highest BCUT2D eigenvalue weighted by molar-refractivity contribution is 6.99. The number of rotatable bonds is 5. The summed E-state index contributed by atoms with van der Waals surface area (Å²) in [6, 6.07) is 48.4. The molecule has 2 nitrogen and oxygen atoms in total. The van der Waals surface area contributed by atoms with Crippen LogP contribution < -0.4 is 16.4 Å². The molecule has 3 heteroatoms. The number of furan rings is 1. The molecule has 1 aliphatic carbocycles. The van der Waals surface area contributed by atoms with Crippen molar-refractivity contribution < 1.29 is 4.42 Å². The van der Waals surface area contributed by atoms with E-state index in [2.05, 4.69) is 187 Å². The van der Waals surface area contributed by atoms with E-state index in [1.165, 1.54) is 82.7 Å². The topological polar surface area (TPSA) is 18.1 Å². The third-order valence-electron chi connectivity index (χ3n) is 13.6. The molecule has 7 aromatic carbocycles. The van der Waals surface area contributed by atoms with Crippen LogP contribution in [0.4, 0.5) is 0 Å². The summed E-state index contributed by atoms with van der Waals surface area (Å²) in [4.78, 5) is 0. The standard InChI is InChI=1S/C54H48BNO/c1-30(2)33-25-40(31(3)4)51(41(26-33)32(5)6)55-47-24-21-34(27-43(47)44-28-42-35-15-9-12-18-45(35)54(7,8)46(42)29-48(44)55)56-49-19-13-10-16-36(49)38-22-23-39-37-17-11-14-20-50(37)57-53(39)52(38)56/h9-32H,1-8H3. The smallest absolute Gasteiger partial charge is 0.243 e. The van der Waals surface area contributed by atoms with E-state index in [4.69, 9.17) is 4.42 Å². The monoisotopic (exact) mass is 737 g/mol. The van der Waals surface area contributed by atoms with Crippen LogP contribution >= 0.6 is 0 Å². The second-order valence-electron chi connectivity index (χ2n) is 18.2. The molecule has 0 amide bonds. The summed E-state index contributed by atoms with van der Waals surface area (Å²) in [6.45, 7) is 19.2. The van der Waals surface area contributed by atoms with Gasteiger partial charge in [0.15, 0.2) is 5.58 Å². The van der Waals surface area contributed by atoms with E-state index in [0.29, 0.717) is 17.8 Å². The van der Waals surface area contributed by atoms with E-state index < -0.39 is 0 Å². The first-order chi connectivity index (χ1) is 27.5. The van der Waals surface area contributed by atoms with Crippen LogP contribution in [0, 0.1) is 0 Å². The Bertz CT molecular complexity index is 3120. The molecule has 2 aliphatic rings. The van der Waals surface area contributed by atoms with Crippen LogP contribution in [0.2, 0.25) is 0 Å². The number of hydrogen-bond donors (Lipinski definition) is 0. The molecule has 11 rings (SSSR count). The van der Waals surface area contributed by atoms with Crippen molar-refractivity contribution in [2.45, 2.75) is 78.6 Å². The van der Waals surface area contributed by atoms with Crippen molar-refractivity contribution in [2.75, 3.05) is 0 Å². The lowest BCUT2D eigenvalue weighted by atomic mass is 9.36. The van der Waals surface area contributed by atoms with Crippen molar-refractivity contribution in [3.8, 4) is 27.9 Å². The Morgan fingerprint density at radius 2 is 1.19 bits per heavy atom. The number of benzene rings is 7. The Kier molecular flexibility index (Phi) is 7.32. The van der Waals surface area contributed by atoms with E-state index in [1.807, 2.05) is 0 Å². The van der Waals surface area contributed by atoms with Gasteiger partial charge >= 0.3 is 0 Å². The molecule has 2 aromatic heterocycles. The fourth-order valence-electron chi connectivity index (χ4n) is 10.7. The average molecular weight is 738 g/mol. The number of nitrogens with zero attached hydrogens (tertiary/aromatic N) is 1. The van der Waals surface area contributed by atoms with E-state index in [-0.39, 0.29) is 12.1 Å². The quantitative estimate of drug-likeness (QED) is 0.161. The maximum absolute atomic E-state index is 6.76. The highest BCUT2D eigenvalue weighted by Gasteiger charge is 2.42. The number of para-hydroxylation sites is 2. The van der Waals surface area contributed by atoms with E-state index in [0.717, 1.165) is 33.1 Å². The van der Waals surface area contributed by atoms with E-state index in [9.17, 15) is 0 Å². The zero-order chi connectivity index (χ0) is 39.1. The lowest BCUT2D eigenvalue weighted by Gasteiger charge is -2.27. The van der Waals surface area contributed by atoms with E-state index >= 15 is 0 Å². The molecule has 0 N–H and O–H groups in total. The first-order valence-electron chi connectivity index (χ1n) is 21.0. The Labute approximate surface area is 336 Å². The van der Waals surface area contributed by atoms with Crippen molar-refractivity contribution in [1.82, 2.24) is 4.57 Å². The minimum absolute atomic E-state index is 0.0877. The molecule has 0 bridgehead atoms. The third-order valence-corrected chi connectivity index (χ3v) is 13.6. The highest BCUT2D eigenvalue weighted by Crippen LogP contribution is 2.50. The predicted molar refractivity (Wildman–Crippen MR) is 244 cm³/mol. The summed E-state index contributed by atoms with van der Waals surface area (Å²) < 4.78 is 9.22. The summed E-state index contributed by atoms with van der Waals surface area (Å²) in [5.41, 5.74) is 22.3. The SMILES string of the molecule is CC(C)c1cc(C(C)C)c(B2c3ccc(-n4c5ccccc5c5ccc6c7ccccc7oc6c54)cc3-c3cc4c(cc32)C(C)(C)c2ccccc2-4)c(C(C)C)c1. The van der Waals surface area contributed by atoms with E-state index in [1.54, 1.807) is 0 Å². The predicted octanol–water partition coefficient (Wildman–Crippen LogP) is 12.9. The van der Waals surface area contributed by atoms with Crippen molar-refractivity contribution >= 4 is 66.8 Å². The Morgan fingerprint density at radius 3 is 1.95 bits per heavy atom. The summed E-state index contributed by atoms with van der Waals surface area (Å²) in [5, 5.41) is 4.75. The van der Waals surface area contributed by atoms with Gasteiger partial charge in [-0.25, -0.2) is 0 Å². The molecular weight excluding hydrogens is 689 g/mol. The first kappa shape index (κ1) is 34.5. The van der Waals surface area contributed by atoms with Gasteiger partial charge in [0.25, 0.3) is 0 Å². The molecule has 278 valence electrons. The lowest BCUT2D eigenvalue weighted by molar-refractivity contribution is 0.661. The van der Waals surface area contributed by atoms with Crippen LogP contribution in [0.5, 0.6) is 0 Å². The van der Waals surface area contributed by atoms with Gasteiger partial charge in [0, 0.05) is 32.6 Å². The molecule has 57 heavy (non-hydrogen) atoms. The number of fused-ring (bicyclic) bond motifs is 13. The number of hydrogen-bond acceptors (Lipinski definition) is 1. The minimum atomic E-state index is -0.0877. The van der Waals surface area contributed by atoms with Crippen molar-refractivity contribution in [3.63, 3.8) is 0 Å². The molecule has 0 saturated carbocycles. The van der Waals surface area contributed by atoms with Gasteiger partial charge < -0.3 is 8.98 Å². The van der Waals surface area contributed by atoms with Crippen LogP contribution in [0.15, 0.2) is 132 Å². The van der Waals surface area contributed by atoms with Crippen LogP contribution in [0.3, 0.4) is 0 Å². The molecule has 9 aromatic rings. The molecule has 0 atom stereocenters. The Hall–Kier alpha value is -5.80. The first-order valence-corrected chi connectivity index (χ1v) is 21.0. The Morgan fingerprint density at radius 1 is 0.526 bits per heavy atom. The van der Waals surface area contributed by atoms with Gasteiger partial charge in [0.1, 0.15) is 5.58 Å². The maximum Gasteiger partial charge on any atom is 0.243 e. The van der Waals surface area contributed by atoms with Gasteiger partial charge in [-0.1, -0.05) is 163 Å². The largest absolute Gasteiger partial charge is 0.454 e. The van der Waals surface area contributed by atoms with Gasteiger partial charge in [-0.05, 0) is 104 Å². The van der Waals surface area contributed by atoms with Gasteiger partial charge in [-0.2, -0.15) is 0 Å². The minimum Gasteiger partial charge on any atom is -0.454 e. The summed E-state index contributed by atoms with van der Waals surface area (Å²) >= 11 is 0. The molecule has 0 radical (unpaired) electrons. The van der Waals surface area contributed by atoms with Gasteiger partial charge in [-0.15, -0.1) is 0 Å². The molecule has 0 fully saturated rings. The molecule has 0 spiro atoms.